The zero-order valence-electron chi connectivity index (χ0n) is 8.93. The molecule has 0 amide bonds. The summed E-state index contributed by atoms with van der Waals surface area (Å²) in [7, 11) is 0. The van der Waals surface area contributed by atoms with Crippen molar-refractivity contribution in [3.63, 3.8) is 0 Å². The molecule has 0 N–H and O–H groups in total. The summed E-state index contributed by atoms with van der Waals surface area (Å²) in [6.07, 6.45) is 5.38. The van der Waals surface area contributed by atoms with Crippen molar-refractivity contribution in [1.82, 2.24) is 14.5 Å². The van der Waals surface area contributed by atoms with Gasteiger partial charge in [0.2, 0.25) is 0 Å². The van der Waals surface area contributed by atoms with Gasteiger partial charge < -0.3 is 9.30 Å². The minimum atomic E-state index is 0.456. The largest absolute Gasteiger partial charge is 0.486 e. The minimum Gasteiger partial charge on any atom is -0.486 e. The molecule has 0 aliphatic heterocycles. The maximum atomic E-state index is 5.55. The van der Waals surface area contributed by atoms with Crippen LogP contribution in [0.25, 0.3) is 0 Å². The van der Waals surface area contributed by atoms with E-state index in [2.05, 4.69) is 32.8 Å². The van der Waals surface area contributed by atoms with Gasteiger partial charge in [0.1, 0.15) is 12.4 Å². The van der Waals surface area contributed by atoms with Crippen LogP contribution in [0.3, 0.4) is 0 Å². The van der Waals surface area contributed by atoms with Gasteiger partial charge in [0.05, 0.1) is 11.9 Å². The van der Waals surface area contributed by atoms with Crippen LogP contribution in [-0.2, 0) is 13.2 Å². The maximum absolute atomic E-state index is 5.55. The Morgan fingerprint density at radius 1 is 1.50 bits per heavy atom. The van der Waals surface area contributed by atoms with E-state index < -0.39 is 0 Å². The van der Waals surface area contributed by atoms with Gasteiger partial charge in [-0.25, -0.2) is 4.98 Å². The molecule has 0 aromatic carbocycles. The Labute approximate surface area is 102 Å². The van der Waals surface area contributed by atoms with Crippen LogP contribution < -0.4 is 4.74 Å². The fraction of sp³-hybridized carbons (Fsp3) is 0.273. The predicted octanol–water partition coefficient (Wildman–Crippen LogP) is 2.64. The van der Waals surface area contributed by atoms with Crippen molar-refractivity contribution >= 4 is 15.9 Å². The number of hydrogen-bond donors (Lipinski definition) is 0. The highest BCUT2D eigenvalue weighted by atomic mass is 79.9. The molecule has 0 unspecified atom stereocenters. The summed E-state index contributed by atoms with van der Waals surface area (Å²) in [5.74, 6) is 0.754. The second kappa shape index (κ2) is 5.12. The van der Waals surface area contributed by atoms with Gasteiger partial charge >= 0.3 is 0 Å². The summed E-state index contributed by atoms with van der Waals surface area (Å²) in [6.45, 7) is 3.41. The Kier molecular flexibility index (Phi) is 3.56. The van der Waals surface area contributed by atoms with Crippen LogP contribution in [0.15, 0.2) is 35.5 Å². The lowest BCUT2D eigenvalue weighted by atomic mass is 10.4. The summed E-state index contributed by atoms with van der Waals surface area (Å²) < 4.78 is 8.39. The number of halogens is 1. The van der Waals surface area contributed by atoms with E-state index >= 15 is 0 Å². The van der Waals surface area contributed by atoms with E-state index in [1.807, 2.05) is 22.9 Å². The van der Waals surface area contributed by atoms with Gasteiger partial charge in [0.25, 0.3) is 0 Å². The number of imidazole rings is 1. The lowest BCUT2D eigenvalue weighted by molar-refractivity contribution is 0.300. The third-order valence-electron chi connectivity index (χ3n) is 2.14. The van der Waals surface area contributed by atoms with Crippen LogP contribution in [0.1, 0.15) is 12.6 Å². The first-order valence-corrected chi connectivity index (χ1v) is 5.83. The van der Waals surface area contributed by atoms with E-state index in [0.29, 0.717) is 6.61 Å². The highest BCUT2D eigenvalue weighted by Crippen LogP contribution is 2.13. The second-order valence-electron chi connectivity index (χ2n) is 3.26. The van der Waals surface area contributed by atoms with Crippen molar-refractivity contribution in [3.8, 4) is 5.75 Å². The number of aromatic nitrogens is 3. The normalized spacial score (nSPS) is 10.4. The first-order valence-electron chi connectivity index (χ1n) is 5.04. The molecule has 4 nitrogen and oxygen atoms in total. The molecule has 2 aromatic heterocycles. The molecule has 2 aromatic rings. The Hall–Kier alpha value is -1.36. The number of aryl methyl sites for hydroxylation is 1. The highest BCUT2D eigenvalue weighted by Gasteiger charge is 2.04. The molecular formula is C11H12BrN3O. The zero-order valence-corrected chi connectivity index (χ0v) is 10.5. The van der Waals surface area contributed by atoms with Crippen molar-refractivity contribution in [2.45, 2.75) is 20.1 Å². The maximum Gasteiger partial charge on any atom is 0.177 e. The van der Waals surface area contributed by atoms with Crippen molar-refractivity contribution in [1.29, 1.82) is 0 Å². The van der Waals surface area contributed by atoms with Crippen LogP contribution in [0, 0.1) is 0 Å². The fourth-order valence-corrected chi connectivity index (χ4v) is 1.91. The minimum absolute atomic E-state index is 0.456. The molecule has 16 heavy (non-hydrogen) atoms. The van der Waals surface area contributed by atoms with Gasteiger partial charge in [0.15, 0.2) is 4.73 Å². The second-order valence-corrected chi connectivity index (χ2v) is 3.97. The third-order valence-corrected chi connectivity index (χ3v) is 2.77. The standard InChI is InChI=1S/C11H12BrN3O/c1-2-15-7-9(14-11(15)12)8-16-10-4-3-5-13-6-10/h3-7H,2,8H2,1H3. The summed E-state index contributed by atoms with van der Waals surface area (Å²) >= 11 is 3.39. The number of rotatable bonds is 4. The molecule has 0 aliphatic rings. The van der Waals surface area contributed by atoms with Crippen LogP contribution >= 0.6 is 15.9 Å². The average molecular weight is 282 g/mol. The van der Waals surface area contributed by atoms with Crippen LogP contribution in [0.4, 0.5) is 0 Å². The van der Waals surface area contributed by atoms with Crippen molar-refractivity contribution in [2.24, 2.45) is 0 Å². The van der Waals surface area contributed by atoms with E-state index in [9.17, 15) is 0 Å². The molecule has 0 saturated carbocycles. The number of ether oxygens (including phenoxy) is 1. The van der Waals surface area contributed by atoms with Crippen LogP contribution in [-0.4, -0.2) is 14.5 Å². The van der Waals surface area contributed by atoms with Crippen molar-refractivity contribution in [3.05, 3.63) is 41.2 Å². The molecule has 0 saturated heterocycles. The first kappa shape index (κ1) is 11.1. The number of pyridine rings is 1. The Morgan fingerprint density at radius 2 is 2.38 bits per heavy atom. The monoisotopic (exact) mass is 281 g/mol. The van der Waals surface area contributed by atoms with E-state index in [1.165, 1.54) is 0 Å². The Bertz CT molecular complexity index is 456. The van der Waals surface area contributed by atoms with Gasteiger partial charge in [0, 0.05) is 18.9 Å². The lowest BCUT2D eigenvalue weighted by Gasteiger charge is -2.02. The number of hydrogen-bond acceptors (Lipinski definition) is 3. The van der Waals surface area contributed by atoms with Crippen LogP contribution in [0.5, 0.6) is 5.75 Å². The molecule has 84 valence electrons. The first-order chi connectivity index (χ1) is 7.79. The summed E-state index contributed by atoms with van der Waals surface area (Å²) in [6, 6.07) is 3.72. The Balaban J connectivity index is 2.00. The fourth-order valence-electron chi connectivity index (χ4n) is 1.33. The van der Waals surface area contributed by atoms with Crippen molar-refractivity contribution < 1.29 is 4.74 Å². The molecule has 5 heteroatoms. The van der Waals surface area contributed by atoms with Gasteiger partial charge in [-0.1, -0.05) is 0 Å². The SMILES string of the molecule is CCn1cc(COc2cccnc2)nc1Br. The summed E-state index contributed by atoms with van der Waals surface area (Å²) in [4.78, 5) is 8.31. The molecule has 0 bridgehead atoms. The number of nitrogens with zero attached hydrogens (tertiary/aromatic N) is 3. The van der Waals surface area contributed by atoms with Crippen LogP contribution in [0.2, 0.25) is 0 Å². The predicted molar refractivity (Wildman–Crippen MR) is 64.2 cm³/mol. The van der Waals surface area contributed by atoms with Crippen molar-refractivity contribution in [2.75, 3.05) is 0 Å². The van der Waals surface area contributed by atoms with E-state index in [1.54, 1.807) is 12.4 Å². The van der Waals surface area contributed by atoms with E-state index in [4.69, 9.17) is 4.74 Å². The van der Waals surface area contributed by atoms with Gasteiger partial charge in [-0.2, -0.15) is 0 Å². The highest BCUT2D eigenvalue weighted by molar-refractivity contribution is 9.10. The molecule has 0 fully saturated rings. The molecular weight excluding hydrogens is 270 g/mol. The molecule has 2 rings (SSSR count). The third kappa shape index (κ3) is 2.61. The van der Waals surface area contributed by atoms with Gasteiger partial charge in [-0.05, 0) is 35.0 Å². The summed E-state index contributed by atoms with van der Waals surface area (Å²) in [5, 5.41) is 0. The smallest absolute Gasteiger partial charge is 0.177 e. The van der Waals surface area contributed by atoms with Gasteiger partial charge in [-0.3, -0.25) is 4.98 Å². The molecule has 0 radical (unpaired) electrons. The lowest BCUT2D eigenvalue weighted by Crippen LogP contribution is -1.96. The average Bonchev–Trinajstić information content (AvgIpc) is 2.69. The Morgan fingerprint density at radius 3 is 3.00 bits per heavy atom. The molecule has 0 atom stereocenters. The molecule has 0 aliphatic carbocycles. The zero-order chi connectivity index (χ0) is 11.4. The van der Waals surface area contributed by atoms with Gasteiger partial charge in [-0.15, -0.1) is 0 Å². The molecule has 0 spiro atoms. The quantitative estimate of drug-likeness (QED) is 0.865. The van der Waals surface area contributed by atoms with E-state index in [0.717, 1.165) is 22.7 Å². The molecule has 2 heterocycles. The summed E-state index contributed by atoms with van der Waals surface area (Å²) in [5.41, 5.74) is 0.901. The van der Waals surface area contributed by atoms with E-state index in [-0.39, 0.29) is 0 Å². The topological polar surface area (TPSA) is 39.9 Å².